The maximum atomic E-state index is 13.2. The lowest BCUT2D eigenvalue weighted by Gasteiger charge is -2.24. The number of aliphatic hydroxyl groups is 1. The Labute approximate surface area is 304 Å². The monoisotopic (exact) mass is 722 g/mol. The molecule has 1 aliphatic heterocycles. The van der Waals surface area contributed by atoms with E-state index in [1.165, 1.54) is 6.07 Å². The summed E-state index contributed by atoms with van der Waals surface area (Å²) in [5, 5.41) is 14.6. The highest BCUT2D eigenvalue weighted by Gasteiger charge is 2.24. The number of hydrogen-bond acceptors (Lipinski definition) is 9. The van der Waals surface area contributed by atoms with Crippen LogP contribution in [-0.2, 0) is 28.0 Å². The molecule has 0 fully saturated rings. The summed E-state index contributed by atoms with van der Waals surface area (Å²) in [6.45, 7) is 6.92. The molecule has 270 valence electrons. The largest absolute Gasteiger partial charge is 0.496 e. The van der Waals surface area contributed by atoms with E-state index < -0.39 is 28.1 Å². The van der Waals surface area contributed by atoms with Crippen LogP contribution in [0.25, 0.3) is 11.1 Å². The molecule has 0 saturated carbocycles. The van der Waals surface area contributed by atoms with Crippen LogP contribution in [0, 0.1) is 13.8 Å². The highest BCUT2D eigenvalue weighted by atomic mass is 32.2. The standard InChI is InChI=1S/C41H42N2O8S/c1-26-19-32(35-15-13-31(22-38(35)48-4)41(45)51-24-29-9-6-5-7-10-29)20-27(2)40(26)49-18-17-42-28(3)39(44)36-16-14-33-23-37(36)43-52(46,47)34-12-8-11-30(21-34)25-50-33/h5-16,19-23,28,39,42-44H,17-18,24-25H2,1-4H3/t28-,39-/m0/s1. The van der Waals surface area contributed by atoms with Crippen LogP contribution in [0.3, 0.4) is 0 Å². The second kappa shape index (κ2) is 15.9. The zero-order valence-corrected chi connectivity index (χ0v) is 30.3. The molecule has 1 heterocycles. The van der Waals surface area contributed by atoms with Crippen molar-refractivity contribution in [2.45, 2.75) is 51.0 Å². The third kappa shape index (κ3) is 8.39. The number of fused-ring (bicyclic) bond motifs is 4. The van der Waals surface area contributed by atoms with E-state index in [2.05, 4.69) is 10.0 Å². The van der Waals surface area contributed by atoms with Gasteiger partial charge in [0.1, 0.15) is 37.1 Å². The lowest BCUT2D eigenvalue weighted by atomic mass is 9.98. The number of ether oxygens (including phenoxy) is 4. The van der Waals surface area contributed by atoms with Crippen molar-refractivity contribution in [3.63, 3.8) is 0 Å². The van der Waals surface area contributed by atoms with E-state index >= 15 is 0 Å². The fourth-order valence-electron chi connectivity index (χ4n) is 6.16. The van der Waals surface area contributed by atoms with Gasteiger partial charge in [0.25, 0.3) is 10.0 Å². The van der Waals surface area contributed by atoms with Gasteiger partial charge < -0.3 is 29.4 Å². The minimum Gasteiger partial charge on any atom is -0.496 e. The smallest absolute Gasteiger partial charge is 0.338 e. The van der Waals surface area contributed by atoms with Crippen molar-refractivity contribution in [3.8, 4) is 28.4 Å². The number of esters is 1. The van der Waals surface area contributed by atoms with E-state index in [1.54, 1.807) is 49.6 Å². The minimum absolute atomic E-state index is 0.122. The maximum Gasteiger partial charge on any atom is 0.338 e. The fourth-order valence-corrected chi connectivity index (χ4v) is 7.31. The number of nitrogens with one attached hydrogen (secondary N) is 2. The van der Waals surface area contributed by atoms with Crippen LogP contribution in [0.2, 0.25) is 0 Å². The second-order valence-corrected chi connectivity index (χ2v) is 14.4. The Morgan fingerprint density at radius 2 is 1.71 bits per heavy atom. The summed E-state index contributed by atoms with van der Waals surface area (Å²) in [4.78, 5) is 12.9. The van der Waals surface area contributed by atoms with Gasteiger partial charge in [-0.15, -0.1) is 0 Å². The predicted molar refractivity (Wildman–Crippen MR) is 199 cm³/mol. The first-order valence-electron chi connectivity index (χ1n) is 17.0. The van der Waals surface area contributed by atoms with Crippen molar-refractivity contribution in [3.05, 3.63) is 137 Å². The van der Waals surface area contributed by atoms with Gasteiger partial charge in [-0.3, -0.25) is 4.72 Å². The molecule has 1 aliphatic rings. The summed E-state index contributed by atoms with van der Waals surface area (Å²) in [5.41, 5.74) is 6.32. The predicted octanol–water partition coefficient (Wildman–Crippen LogP) is 7.12. The van der Waals surface area contributed by atoms with Crippen LogP contribution in [0.4, 0.5) is 5.69 Å². The quantitative estimate of drug-likeness (QED) is 0.0910. The van der Waals surface area contributed by atoms with Gasteiger partial charge in [0.15, 0.2) is 0 Å². The lowest BCUT2D eigenvalue weighted by molar-refractivity contribution is 0.0472. The van der Waals surface area contributed by atoms with Crippen LogP contribution in [0.15, 0.2) is 108 Å². The Morgan fingerprint density at radius 1 is 0.942 bits per heavy atom. The molecule has 2 atom stereocenters. The van der Waals surface area contributed by atoms with Gasteiger partial charge in [-0.2, -0.15) is 0 Å². The average Bonchev–Trinajstić information content (AvgIpc) is 3.15. The first kappa shape index (κ1) is 36.4. The number of sulfonamides is 1. The van der Waals surface area contributed by atoms with Crippen molar-refractivity contribution in [1.29, 1.82) is 0 Å². The molecule has 6 rings (SSSR count). The normalized spacial score (nSPS) is 14.2. The summed E-state index contributed by atoms with van der Waals surface area (Å²) in [6, 6.07) is 30.0. The van der Waals surface area contributed by atoms with Crippen molar-refractivity contribution >= 4 is 21.7 Å². The number of carbonyl (C=O) groups is 1. The van der Waals surface area contributed by atoms with E-state index in [4.69, 9.17) is 18.9 Å². The Hall–Kier alpha value is -5.36. The molecule has 5 aromatic rings. The molecule has 4 bridgehead atoms. The van der Waals surface area contributed by atoms with E-state index in [0.29, 0.717) is 35.8 Å². The number of benzene rings is 5. The Balaban J connectivity index is 1.07. The number of methoxy groups -OCH3 is 1. The third-order valence-electron chi connectivity index (χ3n) is 8.91. The maximum absolute atomic E-state index is 13.2. The van der Waals surface area contributed by atoms with E-state index in [-0.39, 0.29) is 23.8 Å². The molecule has 0 radical (unpaired) electrons. The summed E-state index contributed by atoms with van der Waals surface area (Å²) in [7, 11) is -2.31. The molecule has 0 unspecified atom stereocenters. The van der Waals surface area contributed by atoms with Crippen molar-refractivity contribution in [2.24, 2.45) is 0 Å². The van der Waals surface area contributed by atoms with Crippen LogP contribution in [-0.4, -0.2) is 45.8 Å². The third-order valence-corrected chi connectivity index (χ3v) is 10.3. The summed E-state index contributed by atoms with van der Waals surface area (Å²) < 4.78 is 52.2. The Bertz CT molecular complexity index is 2150. The zero-order valence-electron chi connectivity index (χ0n) is 29.5. The van der Waals surface area contributed by atoms with E-state index in [1.807, 2.05) is 75.4 Å². The van der Waals surface area contributed by atoms with E-state index in [0.717, 1.165) is 39.1 Å². The van der Waals surface area contributed by atoms with Gasteiger partial charge in [-0.1, -0.05) is 48.5 Å². The molecular weight excluding hydrogens is 681 g/mol. The molecule has 5 aromatic carbocycles. The Morgan fingerprint density at radius 3 is 2.46 bits per heavy atom. The van der Waals surface area contributed by atoms with Gasteiger partial charge in [-0.25, -0.2) is 13.2 Å². The molecule has 0 saturated heterocycles. The average molecular weight is 723 g/mol. The SMILES string of the molecule is COc1cc(C(=O)OCc2ccccc2)ccc1-c1cc(C)c(OCCN[C@@H](C)[C@H](O)c2ccc3cc2NS(=O)(=O)c2cccc(c2)CO3)c(C)c1. The number of rotatable bonds is 12. The Kier molecular flexibility index (Phi) is 11.1. The van der Waals surface area contributed by atoms with Crippen LogP contribution < -0.4 is 24.2 Å². The molecular formula is C41H42N2O8S. The van der Waals surface area contributed by atoms with Gasteiger partial charge in [0, 0.05) is 29.8 Å². The van der Waals surface area contributed by atoms with Gasteiger partial charge in [0.05, 0.1) is 29.4 Å². The molecule has 52 heavy (non-hydrogen) atoms. The second-order valence-electron chi connectivity index (χ2n) is 12.7. The molecule has 3 N–H and O–H groups in total. The van der Waals surface area contributed by atoms with Gasteiger partial charge in [-0.05, 0) is 97.1 Å². The first-order chi connectivity index (χ1) is 25.0. The fraction of sp³-hybridized carbons (Fsp3) is 0.244. The molecule has 0 spiro atoms. The van der Waals surface area contributed by atoms with Crippen LogP contribution in [0.1, 0.15) is 51.2 Å². The summed E-state index contributed by atoms with van der Waals surface area (Å²) in [5.74, 6) is 1.35. The van der Waals surface area contributed by atoms with Crippen molar-refractivity contribution < 1.29 is 37.3 Å². The molecule has 0 amide bonds. The molecule has 0 aromatic heterocycles. The molecule has 0 aliphatic carbocycles. The number of hydrogen-bond donors (Lipinski definition) is 3. The zero-order chi connectivity index (χ0) is 36.8. The van der Waals surface area contributed by atoms with Crippen LogP contribution >= 0.6 is 0 Å². The highest BCUT2D eigenvalue weighted by molar-refractivity contribution is 7.92. The summed E-state index contributed by atoms with van der Waals surface area (Å²) in [6.07, 6.45) is -1.03. The minimum atomic E-state index is -3.88. The summed E-state index contributed by atoms with van der Waals surface area (Å²) >= 11 is 0. The van der Waals surface area contributed by atoms with Gasteiger partial charge in [0.2, 0.25) is 0 Å². The highest BCUT2D eigenvalue weighted by Crippen LogP contribution is 2.36. The van der Waals surface area contributed by atoms with Crippen LogP contribution in [0.5, 0.6) is 17.2 Å². The van der Waals surface area contributed by atoms with Gasteiger partial charge >= 0.3 is 5.97 Å². The van der Waals surface area contributed by atoms with Crippen molar-refractivity contribution in [1.82, 2.24) is 5.32 Å². The lowest BCUT2D eigenvalue weighted by Crippen LogP contribution is -2.35. The number of aliphatic hydroxyl groups excluding tert-OH is 1. The van der Waals surface area contributed by atoms with Crippen molar-refractivity contribution in [2.75, 3.05) is 25.0 Å². The molecule has 11 heteroatoms. The first-order valence-corrected chi connectivity index (χ1v) is 18.4. The number of aryl methyl sites for hydroxylation is 2. The van der Waals surface area contributed by atoms with E-state index in [9.17, 15) is 18.3 Å². The number of anilines is 1. The molecule has 10 nitrogen and oxygen atoms in total. The number of carbonyl (C=O) groups excluding carboxylic acids is 1. The topological polar surface area (TPSA) is 132 Å².